The van der Waals surface area contributed by atoms with Gasteiger partial charge in [0, 0.05) is 12.5 Å². The molecule has 2 atom stereocenters. The molecule has 0 aromatic rings. The highest BCUT2D eigenvalue weighted by Gasteiger charge is 2.08. The molecular weight excluding hydrogens is 140 g/mol. The molecule has 62 valence electrons. The molecule has 3 nitrogen and oxygen atoms in total. The first-order valence-corrected chi connectivity index (χ1v) is 3.56. The van der Waals surface area contributed by atoms with Gasteiger partial charge in [-0.05, 0) is 6.92 Å². The fourth-order valence-electron chi connectivity index (χ4n) is 0.513. The lowest BCUT2D eigenvalue weighted by molar-refractivity contribution is -0.121. The first-order valence-electron chi connectivity index (χ1n) is 3.56. The van der Waals surface area contributed by atoms with Crippen LogP contribution < -0.4 is 11.1 Å². The van der Waals surface area contributed by atoms with Gasteiger partial charge in [0.25, 0.3) is 0 Å². The van der Waals surface area contributed by atoms with Crippen LogP contribution >= 0.6 is 0 Å². The van der Waals surface area contributed by atoms with Gasteiger partial charge < -0.3 is 11.1 Å². The molecule has 0 spiro atoms. The summed E-state index contributed by atoms with van der Waals surface area (Å²) < 4.78 is 0. The molecule has 0 saturated heterocycles. The van der Waals surface area contributed by atoms with Crippen LogP contribution in [0.25, 0.3) is 0 Å². The highest BCUT2D eigenvalue weighted by Crippen LogP contribution is 1.90. The van der Waals surface area contributed by atoms with Crippen molar-refractivity contribution in [1.29, 1.82) is 0 Å². The Labute approximate surface area is 67.3 Å². The summed E-state index contributed by atoms with van der Waals surface area (Å²) in [6.07, 6.45) is 5.11. The number of nitrogens with two attached hydrogens (primary N) is 1. The molecule has 0 aliphatic heterocycles. The van der Waals surface area contributed by atoms with Gasteiger partial charge in [-0.1, -0.05) is 12.8 Å². The molecule has 0 rings (SSSR count). The van der Waals surface area contributed by atoms with Crippen LogP contribution in [-0.2, 0) is 4.79 Å². The molecule has 0 saturated carbocycles. The van der Waals surface area contributed by atoms with Crippen LogP contribution in [0, 0.1) is 18.3 Å². The second-order valence-corrected chi connectivity index (χ2v) is 2.60. The largest absolute Gasteiger partial charge is 0.369 e. The number of rotatable bonds is 4. The number of amides is 1. The lowest BCUT2D eigenvalue weighted by atomic mass is 10.1. The van der Waals surface area contributed by atoms with E-state index in [9.17, 15) is 4.79 Å². The van der Waals surface area contributed by atoms with Crippen LogP contribution in [0.4, 0.5) is 0 Å². The van der Waals surface area contributed by atoms with E-state index in [2.05, 4.69) is 11.2 Å². The maximum absolute atomic E-state index is 10.5. The van der Waals surface area contributed by atoms with Gasteiger partial charge in [0.2, 0.25) is 5.91 Å². The third kappa shape index (κ3) is 4.40. The summed E-state index contributed by atoms with van der Waals surface area (Å²) in [4.78, 5) is 10.5. The highest BCUT2D eigenvalue weighted by molar-refractivity contribution is 5.76. The Morgan fingerprint density at radius 3 is 2.64 bits per heavy atom. The quantitative estimate of drug-likeness (QED) is 0.547. The highest BCUT2D eigenvalue weighted by atomic mass is 16.1. The van der Waals surface area contributed by atoms with Crippen molar-refractivity contribution in [3.8, 4) is 12.3 Å². The van der Waals surface area contributed by atoms with Gasteiger partial charge in [-0.2, -0.15) is 0 Å². The lowest BCUT2D eigenvalue weighted by Crippen LogP contribution is -2.34. The first kappa shape index (κ1) is 9.99. The Morgan fingerprint density at radius 2 is 2.27 bits per heavy atom. The minimum absolute atomic E-state index is 0.00296. The molecule has 2 unspecified atom stereocenters. The summed E-state index contributed by atoms with van der Waals surface area (Å²) >= 11 is 0. The zero-order valence-electron chi connectivity index (χ0n) is 6.92. The molecule has 3 N–H and O–H groups in total. The molecule has 1 amide bonds. The maximum atomic E-state index is 10.5. The number of hydrogen-bond acceptors (Lipinski definition) is 2. The average molecular weight is 154 g/mol. The van der Waals surface area contributed by atoms with Crippen molar-refractivity contribution in [3.63, 3.8) is 0 Å². The Balaban J connectivity index is 3.55. The average Bonchev–Trinajstić information content (AvgIpc) is 1.99. The molecule has 11 heavy (non-hydrogen) atoms. The molecule has 0 aromatic carbocycles. The minimum Gasteiger partial charge on any atom is -0.369 e. The third-order valence-electron chi connectivity index (χ3n) is 1.47. The molecular formula is C8H14N2O. The Kier molecular flexibility index (Phi) is 4.32. The zero-order chi connectivity index (χ0) is 8.85. The van der Waals surface area contributed by atoms with Gasteiger partial charge in [0.05, 0.1) is 6.04 Å². The normalized spacial score (nSPS) is 15.0. The van der Waals surface area contributed by atoms with E-state index in [4.69, 9.17) is 12.2 Å². The van der Waals surface area contributed by atoms with Gasteiger partial charge in [0.15, 0.2) is 0 Å². The summed E-state index contributed by atoms with van der Waals surface area (Å²) in [6.45, 7) is 4.16. The number of primary amides is 1. The van der Waals surface area contributed by atoms with Gasteiger partial charge in [0.1, 0.15) is 0 Å². The zero-order valence-corrected chi connectivity index (χ0v) is 6.92. The molecule has 0 bridgehead atoms. The smallest absolute Gasteiger partial charge is 0.221 e. The number of terminal acetylenes is 1. The van der Waals surface area contributed by atoms with Gasteiger partial charge >= 0.3 is 0 Å². The fourth-order valence-corrected chi connectivity index (χ4v) is 0.513. The van der Waals surface area contributed by atoms with E-state index in [0.717, 1.165) is 0 Å². The van der Waals surface area contributed by atoms with Crippen molar-refractivity contribution in [3.05, 3.63) is 0 Å². The Morgan fingerprint density at radius 1 is 1.73 bits per heavy atom. The Bertz CT molecular complexity index is 171. The van der Waals surface area contributed by atoms with Crippen molar-refractivity contribution in [1.82, 2.24) is 5.32 Å². The topological polar surface area (TPSA) is 55.1 Å². The molecule has 0 aromatic heterocycles. The molecule has 0 aliphatic rings. The van der Waals surface area contributed by atoms with Gasteiger partial charge in [-0.25, -0.2) is 0 Å². The van der Waals surface area contributed by atoms with E-state index in [1.165, 1.54) is 0 Å². The van der Waals surface area contributed by atoms with Crippen molar-refractivity contribution < 1.29 is 4.79 Å². The van der Waals surface area contributed by atoms with Crippen LogP contribution in [-0.4, -0.2) is 18.5 Å². The van der Waals surface area contributed by atoms with E-state index in [0.29, 0.717) is 6.54 Å². The van der Waals surface area contributed by atoms with E-state index < -0.39 is 0 Å². The summed E-state index contributed by atoms with van der Waals surface area (Å²) in [5, 5.41) is 2.98. The van der Waals surface area contributed by atoms with Crippen LogP contribution in [0.15, 0.2) is 0 Å². The molecule has 3 heteroatoms. The maximum Gasteiger partial charge on any atom is 0.221 e. The third-order valence-corrected chi connectivity index (χ3v) is 1.47. The fraction of sp³-hybridized carbons (Fsp3) is 0.625. The van der Waals surface area contributed by atoms with Crippen LogP contribution in [0.1, 0.15) is 13.8 Å². The predicted octanol–water partition coefficient (Wildman–Crippen LogP) is -0.281. The first-order chi connectivity index (χ1) is 5.07. The monoisotopic (exact) mass is 154 g/mol. The molecule has 0 fully saturated rings. The van der Waals surface area contributed by atoms with E-state index in [-0.39, 0.29) is 17.9 Å². The van der Waals surface area contributed by atoms with Crippen molar-refractivity contribution in [2.75, 3.05) is 6.54 Å². The van der Waals surface area contributed by atoms with Crippen LogP contribution in [0.3, 0.4) is 0 Å². The number of nitrogens with one attached hydrogen (secondary N) is 1. The van der Waals surface area contributed by atoms with Crippen LogP contribution in [0.5, 0.6) is 0 Å². The second-order valence-electron chi connectivity index (χ2n) is 2.60. The van der Waals surface area contributed by atoms with Gasteiger partial charge in [-0.3, -0.25) is 4.79 Å². The standard InChI is InChI=1S/C8H14N2O/c1-4-7(3)10-5-6(2)8(9)11/h1,6-7,10H,5H2,2-3H3,(H2,9,11). The van der Waals surface area contributed by atoms with E-state index in [1.54, 1.807) is 6.92 Å². The van der Waals surface area contributed by atoms with Crippen molar-refractivity contribution >= 4 is 5.91 Å². The summed E-state index contributed by atoms with van der Waals surface area (Å²) in [5.41, 5.74) is 5.03. The SMILES string of the molecule is C#CC(C)NCC(C)C(N)=O. The van der Waals surface area contributed by atoms with Crippen molar-refractivity contribution in [2.24, 2.45) is 11.7 Å². The lowest BCUT2D eigenvalue weighted by Gasteiger charge is -2.10. The summed E-state index contributed by atoms with van der Waals surface area (Å²) in [7, 11) is 0. The number of hydrogen-bond donors (Lipinski definition) is 2. The summed E-state index contributed by atoms with van der Waals surface area (Å²) in [5.74, 6) is 2.03. The van der Waals surface area contributed by atoms with E-state index >= 15 is 0 Å². The summed E-state index contributed by atoms with van der Waals surface area (Å²) in [6, 6.07) is -0.00296. The molecule has 0 radical (unpaired) electrons. The minimum atomic E-state index is -0.304. The molecule has 0 heterocycles. The van der Waals surface area contributed by atoms with E-state index in [1.807, 2.05) is 6.92 Å². The number of carbonyl (C=O) groups is 1. The van der Waals surface area contributed by atoms with Crippen LogP contribution in [0.2, 0.25) is 0 Å². The number of carbonyl (C=O) groups excluding carboxylic acids is 1. The second kappa shape index (κ2) is 4.75. The van der Waals surface area contributed by atoms with Gasteiger partial charge in [-0.15, -0.1) is 6.42 Å². The van der Waals surface area contributed by atoms with Crippen molar-refractivity contribution in [2.45, 2.75) is 19.9 Å². The Hall–Kier alpha value is -1.01. The predicted molar refractivity (Wildman–Crippen MR) is 44.7 cm³/mol. The molecule has 0 aliphatic carbocycles.